The van der Waals surface area contributed by atoms with Crippen molar-refractivity contribution in [1.29, 1.82) is 0 Å². The van der Waals surface area contributed by atoms with Crippen molar-refractivity contribution in [3.8, 4) is 11.9 Å². The second kappa shape index (κ2) is 8.03. The topological polar surface area (TPSA) is 67.8 Å². The highest BCUT2D eigenvalue weighted by atomic mass is 16.5. The number of aromatic nitrogens is 2. The molecule has 1 aromatic heterocycles. The first-order valence-corrected chi connectivity index (χ1v) is 8.74. The number of nitrogens with zero attached hydrogens (tertiary/aromatic N) is 4. The highest BCUT2D eigenvalue weighted by Crippen LogP contribution is 2.22. The van der Waals surface area contributed by atoms with E-state index >= 15 is 0 Å². The lowest BCUT2D eigenvalue weighted by Gasteiger charge is -2.35. The van der Waals surface area contributed by atoms with Crippen LogP contribution in [0.3, 0.4) is 0 Å². The molecule has 1 fully saturated rings. The van der Waals surface area contributed by atoms with E-state index in [0.717, 1.165) is 17.8 Å². The van der Waals surface area contributed by atoms with E-state index < -0.39 is 0 Å². The molecule has 7 nitrogen and oxygen atoms in total. The van der Waals surface area contributed by atoms with Gasteiger partial charge in [-0.1, -0.05) is 19.1 Å². The maximum atomic E-state index is 12.7. The number of carbonyl (C=O) groups excluding carboxylic acids is 1. The van der Waals surface area contributed by atoms with Crippen LogP contribution in [-0.2, 0) is 6.42 Å². The largest absolute Gasteiger partial charge is 0.481 e. The van der Waals surface area contributed by atoms with Gasteiger partial charge in [-0.15, -0.1) is 0 Å². The molecule has 1 aliphatic heterocycles. The molecule has 0 atom stereocenters. The van der Waals surface area contributed by atoms with Crippen molar-refractivity contribution in [2.75, 3.05) is 45.3 Å². The van der Waals surface area contributed by atoms with E-state index in [1.165, 1.54) is 12.7 Å². The normalized spacial score (nSPS) is 14.3. The summed E-state index contributed by atoms with van der Waals surface area (Å²) in [5.74, 6) is 1.28. The number of piperazine rings is 1. The molecular weight excluding hydrogens is 332 g/mol. The lowest BCUT2D eigenvalue weighted by Crippen LogP contribution is -2.49. The van der Waals surface area contributed by atoms with Gasteiger partial charge in [0.2, 0.25) is 5.88 Å². The highest BCUT2D eigenvalue weighted by Gasteiger charge is 2.23. The Kier molecular flexibility index (Phi) is 5.55. The predicted molar refractivity (Wildman–Crippen MR) is 99.1 cm³/mol. The van der Waals surface area contributed by atoms with Crippen molar-refractivity contribution in [1.82, 2.24) is 14.9 Å². The first-order chi connectivity index (χ1) is 12.6. The zero-order chi connectivity index (χ0) is 18.5. The number of ether oxygens (including phenoxy) is 2. The van der Waals surface area contributed by atoms with E-state index in [9.17, 15) is 4.79 Å². The second-order valence-electron chi connectivity index (χ2n) is 6.08. The Bertz CT molecular complexity index is 734. The molecule has 0 spiro atoms. The molecule has 1 amide bonds. The van der Waals surface area contributed by atoms with Crippen molar-refractivity contribution < 1.29 is 14.3 Å². The average molecular weight is 356 g/mol. The van der Waals surface area contributed by atoms with Crippen molar-refractivity contribution >= 4 is 11.7 Å². The van der Waals surface area contributed by atoms with E-state index in [0.29, 0.717) is 32.1 Å². The number of amides is 1. The molecule has 0 saturated carbocycles. The molecule has 1 aliphatic rings. The van der Waals surface area contributed by atoms with Crippen LogP contribution in [0.2, 0.25) is 0 Å². The van der Waals surface area contributed by atoms with E-state index in [-0.39, 0.29) is 11.9 Å². The number of rotatable bonds is 5. The van der Waals surface area contributed by atoms with Gasteiger partial charge in [0.1, 0.15) is 5.82 Å². The third-order valence-electron chi connectivity index (χ3n) is 4.56. The van der Waals surface area contributed by atoms with Crippen LogP contribution in [-0.4, -0.2) is 61.2 Å². The number of hydrogen-bond donors (Lipinski definition) is 0. The highest BCUT2D eigenvalue weighted by molar-refractivity contribution is 5.94. The predicted octanol–water partition coefficient (Wildman–Crippen LogP) is 2.02. The summed E-state index contributed by atoms with van der Waals surface area (Å²) in [6.45, 7) is 4.78. The second-order valence-corrected chi connectivity index (χ2v) is 6.08. The van der Waals surface area contributed by atoms with Crippen molar-refractivity contribution in [3.63, 3.8) is 0 Å². The van der Waals surface area contributed by atoms with Gasteiger partial charge in [-0.25, -0.2) is 0 Å². The molecule has 0 aliphatic carbocycles. The first-order valence-electron chi connectivity index (χ1n) is 8.74. The molecule has 3 rings (SSSR count). The number of aryl methyl sites for hydroxylation is 1. The SMILES string of the molecule is CCc1ccc(C(=O)N2CCN(c3cc(OC)nc(OC)n3)CC2)cc1. The number of anilines is 1. The molecule has 2 heterocycles. The molecule has 2 aromatic rings. The number of benzene rings is 1. The van der Waals surface area contributed by atoms with Crippen molar-refractivity contribution in [2.24, 2.45) is 0 Å². The van der Waals surface area contributed by atoms with E-state index in [4.69, 9.17) is 9.47 Å². The lowest BCUT2D eigenvalue weighted by atomic mass is 10.1. The van der Waals surface area contributed by atoms with Crippen LogP contribution >= 0.6 is 0 Å². The minimum Gasteiger partial charge on any atom is -0.481 e. The molecule has 0 unspecified atom stereocenters. The third-order valence-corrected chi connectivity index (χ3v) is 4.56. The summed E-state index contributed by atoms with van der Waals surface area (Å²) in [4.78, 5) is 25.2. The number of methoxy groups -OCH3 is 2. The summed E-state index contributed by atoms with van der Waals surface area (Å²) in [5.41, 5.74) is 1.97. The Labute approximate surface area is 153 Å². The van der Waals surface area contributed by atoms with Gasteiger partial charge in [-0.05, 0) is 24.1 Å². The maximum absolute atomic E-state index is 12.7. The summed E-state index contributed by atoms with van der Waals surface area (Å²) in [6.07, 6.45) is 0.971. The lowest BCUT2D eigenvalue weighted by molar-refractivity contribution is 0.0746. The summed E-state index contributed by atoms with van der Waals surface area (Å²) in [5, 5.41) is 0. The summed E-state index contributed by atoms with van der Waals surface area (Å²) < 4.78 is 10.3. The fourth-order valence-corrected chi connectivity index (χ4v) is 2.95. The molecular formula is C19H24N4O3. The summed E-state index contributed by atoms with van der Waals surface area (Å²) in [7, 11) is 3.09. The minimum absolute atomic E-state index is 0.0742. The summed E-state index contributed by atoms with van der Waals surface area (Å²) >= 11 is 0. The quantitative estimate of drug-likeness (QED) is 0.816. The van der Waals surface area contributed by atoms with Gasteiger partial charge in [0.05, 0.1) is 14.2 Å². The Balaban J connectivity index is 1.66. The Morgan fingerprint density at radius 2 is 1.73 bits per heavy atom. The number of carbonyl (C=O) groups is 1. The van der Waals surface area contributed by atoms with Gasteiger partial charge in [-0.2, -0.15) is 9.97 Å². The fraction of sp³-hybridized carbons (Fsp3) is 0.421. The standard InChI is InChI=1S/C19H24N4O3/c1-4-14-5-7-15(8-6-14)18(24)23-11-9-22(10-12-23)16-13-17(25-2)21-19(20-16)26-3/h5-8,13H,4,9-12H2,1-3H3. The summed E-state index contributed by atoms with van der Waals surface area (Å²) in [6, 6.07) is 9.91. The van der Waals surface area contributed by atoms with E-state index in [1.807, 2.05) is 29.2 Å². The van der Waals surface area contributed by atoms with Crippen LogP contribution in [0, 0.1) is 0 Å². The minimum atomic E-state index is 0.0742. The Morgan fingerprint density at radius 3 is 2.31 bits per heavy atom. The number of hydrogen-bond acceptors (Lipinski definition) is 6. The molecule has 7 heteroatoms. The molecule has 1 aromatic carbocycles. The molecule has 0 radical (unpaired) electrons. The van der Waals surface area contributed by atoms with Crippen LogP contribution in [0.25, 0.3) is 0 Å². The van der Waals surface area contributed by atoms with Gasteiger partial charge < -0.3 is 19.3 Å². The Hall–Kier alpha value is -2.83. The van der Waals surface area contributed by atoms with Crippen LogP contribution < -0.4 is 14.4 Å². The molecule has 0 N–H and O–H groups in total. The maximum Gasteiger partial charge on any atom is 0.321 e. The Morgan fingerprint density at radius 1 is 1.04 bits per heavy atom. The van der Waals surface area contributed by atoms with Gasteiger partial charge in [0.15, 0.2) is 0 Å². The van der Waals surface area contributed by atoms with Crippen molar-refractivity contribution in [3.05, 3.63) is 41.5 Å². The molecule has 0 bridgehead atoms. The monoisotopic (exact) mass is 356 g/mol. The van der Waals surface area contributed by atoms with Gasteiger partial charge >= 0.3 is 6.01 Å². The molecule has 26 heavy (non-hydrogen) atoms. The average Bonchev–Trinajstić information content (AvgIpc) is 2.73. The molecule has 1 saturated heterocycles. The van der Waals surface area contributed by atoms with E-state index in [2.05, 4.69) is 21.8 Å². The van der Waals surface area contributed by atoms with Crippen LogP contribution in [0.4, 0.5) is 5.82 Å². The van der Waals surface area contributed by atoms with Gasteiger partial charge in [-0.3, -0.25) is 4.79 Å². The first kappa shape index (κ1) is 18.0. The zero-order valence-corrected chi connectivity index (χ0v) is 15.4. The molecule has 138 valence electrons. The van der Waals surface area contributed by atoms with Crippen LogP contribution in [0.15, 0.2) is 30.3 Å². The van der Waals surface area contributed by atoms with Gasteiger partial charge in [0, 0.05) is 37.8 Å². The van der Waals surface area contributed by atoms with Gasteiger partial charge in [0.25, 0.3) is 5.91 Å². The van der Waals surface area contributed by atoms with Crippen molar-refractivity contribution in [2.45, 2.75) is 13.3 Å². The van der Waals surface area contributed by atoms with Crippen LogP contribution in [0.5, 0.6) is 11.9 Å². The third kappa shape index (κ3) is 3.87. The smallest absolute Gasteiger partial charge is 0.321 e. The fourth-order valence-electron chi connectivity index (χ4n) is 2.95. The van der Waals surface area contributed by atoms with Crippen LogP contribution in [0.1, 0.15) is 22.8 Å². The van der Waals surface area contributed by atoms with E-state index in [1.54, 1.807) is 13.2 Å². The zero-order valence-electron chi connectivity index (χ0n) is 15.4.